The Kier molecular flexibility index (Phi) is 7.10. The number of nitrogens with zero attached hydrogens (tertiary/aromatic N) is 1. The number of carbonyl (C=O) groups is 2. The zero-order valence-electron chi connectivity index (χ0n) is 18.2. The fourth-order valence-corrected chi connectivity index (χ4v) is 5.33. The number of hydrogen-bond acceptors (Lipinski definition) is 4. The number of rotatable bonds is 5. The first-order valence-corrected chi connectivity index (χ1v) is 11.9. The number of amides is 1. The van der Waals surface area contributed by atoms with E-state index in [1.807, 2.05) is 10.6 Å². The number of carbonyl (C=O) groups excluding carboxylic acids is 1. The Balaban J connectivity index is 1.57. The lowest BCUT2D eigenvalue weighted by atomic mass is 9.86. The third kappa shape index (κ3) is 5.20. The summed E-state index contributed by atoms with van der Waals surface area (Å²) in [6.07, 6.45) is 10.7. The number of carboxylic acids is 1. The minimum Gasteiger partial charge on any atom is -0.481 e. The van der Waals surface area contributed by atoms with Crippen molar-refractivity contribution in [2.45, 2.75) is 95.7 Å². The van der Waals surface area contributed by atoms with Gasteiger partial charge in [-0.15, -0.1) is 0 Å². The quantitative estimate of drug-likeness (QED) is 0.748. The maximum Gasteiger partial charge on any atom is 0.306 e. The fourth-order valence-electron chi connectivity index (χ4n) is 5.33. The van der Waals surface area contributed by atoms with Crippen LogP contribution in [0.1, 0.15) is 85.8 Å². The Morgan fingerprint density at radius 1 is 1.03 bits per heavy atom. The lowest BCUT2D eigenvalue weighted by Crippen LogP contribution is -2.42. The van der Waals surface area contributed by atoms with Crippen molar-refractivity contribution in [1.29, 1.82) is 0 Å². The van der Waals surface area contributed by atoms with Gasteiger partial charge in [0, 0.05) is 18.3 Å². The number of fused-ring (bicyclic) bond motifs is 1. The number of aromatic nitrogens is 1. The molecule has 1 unspecified atom stereocenters. The van der Waals surface area contributed by atoms with Crippen molar-refractivity contribution < 1.29 is 19.4 Å². The minimum absolute atomic E-state index is 0.0387. The molecular formula is C24H34N2O5. The highest BCUT2D eigenvalue weighted by Gasteiger charge is 2.29. The van der Waals surface area contributed by atoms with E-state index in [0.717, 1.165) is 56.4 Å². The van der Waals surface area contributed by atoms with Crippen LogP contribution in [0, 0.1) is 5.92 Å². The van der Waals surface area contributed by atoms with Crippen LogP contribution in [-0.4, -0.2) is 40.3 Å². The van der Waals surface area contributed by atoms with E-state index in [1.165, 1.54) is 12.8 Å². The highest BCUT2D eigenvalue weighted by Crippen LogP contribution is 2.25. The number of carboxylic acid groups (broad SMARTS) is 1. The van der Waals surface area contributed by atoms with Crippen molar-refractivity contribution in [3.05, 3.63) is 33.2 Å². The molecule has 3 aliphatic rings. The van der Waals surface area contributed by atoms with Crippen LogP contribution in [0.25, 0.3) is 0 Å². The molecule has 7 nitrogen and oxygen atoms in total. The Bertz CT molecular complexity index is 863. The van der Waals surface area contributed by atoms with Crippen molar-refractivity contribution in [1.82, 2.24) is 9.88 Å². The van der Waals surface area contributed by atoms with Crippen molar-refractivity contribution >= 4 is 11.9 Å². The summed E-state index contributed by atoms with van der Waals surface area (Å²) in [5.74, 6) is -1.41. The van der Waals surface area contributed by atoms with Gasteiger partial charge in [-0.3, -0.25) is 14.4 Å². The molecule has 0 spiro atoms. The third-order valence-electron chi connectivity index (χ3n) is 7.17. The number of hydrogen-bond donors (Lipinski definition) is 2. The highest BCUT2D eigenvalue weighted by molar-refractivity contribution is 5.94. The molecule has 1 aromatic heterocycles. The molecule has 170 valence electrons. The largest absolute Gasteiger partial charge is 0.481 e. The average Bonchev–Trinajstić information content (AvgIpc) is 3.24. The van der Waals surface area contributed by atoms with E-state index in [2.05, 4.69) is 5.32 Å². The van der Waals surface area contributed by atoms with E-state index < -0.39 is 5.97 Å². The minimum atomic E-state index is -0.761. The van der Waals surface area contributed by atoms with Gasteiger partial charge in [0.05, 0.1) is 18.6 Å². The van der Waals surface area contributed by atoms with Crippen LogP contribution >= 0.6 is 0 Å². The van der Waals surface area contributed by atoms with Crippen molar-refractivity contribution in [3.8, 4) is 0 Å². The van der Waals surface area contributed by atoms with Gasteiger partial charge in [0.15, 0.2) is 0 Å². The van der Waals surface area contributed by atoms with E-state index >= 15 is 0 Å². The standard InChI is InChI=1S/C24H34N2O5/c27-22(25-18-11-9-16(10-12-18)24(29)30)20-14-17-6-3-1-2-4-8-21(17)26(23(20)28)15-19-7-5-13-31-19/h14,16,18-19H,1-13,15H2,(H,25,27)(H,29,30)/t16-,18-,19?. The Morgan fingerprint density at radius 3 is 2.45 bits per heavy atom. The summed E-state index contributed by atoms with van der Waals surface area (Å²) >= 11 is 0. The van der Waals surface area contributed by atoms with Gasteiger partial charge in [0.25, 0.3) is 11.5 Å². The molecule has 1 saturated carbocycles. The van der Waals surface area contributed by atoms with Gasteiger partial charge in [-0.1, -0.05) is 12.8 Å². The highest BCUT2D eigenvalue weighted by atomic mass is 16.5. The van der Waals surface area contributed by atoms with Crippen LogP contribution in [-0.2, 0) is 28.9 Å². The van der Waals surface area contributed by atoms with Gasteiger partial charge in [-0.25, -0.2) is 0 Å². The summed E-state index contributed by atoms with van der Waals surface area (Å²) in [7, 11) is 0. The number of aliphatic carboxylic acids is 1. The molecule has 2 N–H and O–H groups in total. The third-order valence-corrected chi connectivity index (χ3v) is 7.17. The number of pyridine rings is 1. The Hall–Kier alpha value is -2.15. The first-order valence-electron chi connectivity index (χ1n) is 11.9. The number of ether oxygens (including phenoxy) is 1. The molecular weight excluding hydrogens is 396 g/mol. The van der Waals surface area contributed by atoms with Gasteiger partial charge < -0.3 is 19.7 Å². The van der Waals surface area contributed by atoms with Gasteiger partial charge in [-0.05, 0) is 75.8 Å². The zero-order chi connectivity index (χ0) is 21.8. The van der Waals surface area contributed by atoms with Crippen molar-refractivity contribution in [2.24, 2.45) is 5.92 Å². The normalized spacial score (nSPS) is 26.5. The molecule has 1 aliphatic heterocycles. The van der Waals surface area contributed by atoms with Crippen LogP contribution in [0.15, 0.2) is 10.9 Å². The van der Waals surface area contributed by atoms with Gasteiger partial charge in [-0.2, -0.15) is 0 Å². The van der Waals surface area contributed by atoms with E-state index in [4.69, 9.17) is 4.74 Å². The second-order valence-corrected chi connectivity index (χ2v) is 9.36. The second-order valence-electron chi connectivity index (χ2n) is 9.36. The molecule has 0 radical (unpaired) electrons. The predicted octanol–water partition coefficient (Wildman–Crippen LogP) is 3.06. The Morgan fingerprint density at radius 2 is 1.77 bits per heavy atom. The first kappa shape index (κ1) is 22.1. The summed E-state index contributed by atoms with van der Waals surface area (Å²) < 4.78 is 7.63. The van der Waals surface area contributed by atoms with Gasteiger partial charge in [0.1, 0.15) is 5.56 Å². The molecule has 4 rings (SSSR count). The Labute approximate surface area is 183 Å². The second kappa shape index (κ2) is 9.98. The molecule has 0 aromatic carbocycles. The van der Waals surface area contributed by atoms with Crippen LogP contribution < -0.4 is 10.9 Å². The molecule has 1 amide bonds. The molecule has 2 fully saturated rings. The van der Waals surface area contributed by atoms with Crippen molar-refractivity contribution in [2.75, 3.05) is 6.61 Å². The maximum atomic E-state index is 13.4. The summed E-state index contributed by atoms with van der Waals surface area (Å²) in [5.41, 5.74) is 2.21. The summed E-state index contributed by atoms with van der Waals surface area (Å²) in [6.45, 7) is 1.26. The maximum absolute atomic E-state index is 13.4. The number of nitrogens with one attached hydrogen (secondary N) is 1. The molecule has 1 aromatic rings. The molecule has 2 heterocycles. The smallest absolute Gasteiger partial charge is 0.306 e. The molecule has 2 aliphatic carbocycles. The van der Waals surface area contributed by atoms with E-state index in [1.54, 1.807) is 0 Å². The van der Waals surface area contributed by atoms with Crippen molar-refractivity contribution in [3.63, 3.8) is 0 Å². The van der Waals surface area contributed by atoms with Crippen LogP contribution in [0.3, 0.4) is 0 Å². The predicted molar refractivity (Wildman–Crippen MR) is 116 cm³/mol. The van der Waals surface area contributed by atoms with Crippen LogP contribution in [0.5, 0.6) is 0 Å². The molecule has 1 atom stereocenters. The monoisotopic (exact) mass is 430 g/mol. The SMILES string of the molecule is O=C(N[C@H]1CC[C@H](C(=O)O)CC1)c1cc2c(n(CC3CCCO3)c1=O)CCCCCC2. The lowest BCUT2D eigenvalue weighted by Gasteiger charge is -2.27. The van der Waals surface area contributed by atoms with Gasteiger partial charge in [0.2, 0.25) is 0 Å². The average molecular weight is 431 g/mol. The van der Waals surface area contributed by atoms with Gasteiger partial charge >= 0.3 is 5.97 Å². The molecule has 7 heteroatoms. The van der Waals surface area contributed by atoms with E-state index in [-0.39, 0.29) is 35.1 Å². The van der Waals surface area contributed by atoms with Crippen LogP contribution in [0.4, 0.5) is 0 Å². The lowest BCUT2D eigenvalue weighted by molar-refractivity contribution is -0.142. The topological polar surface area (TPSA) is 97.6 Å². The molecule has 1 saturated heterocycles. The summed E-state index contributed by atoms with van der Waals surface area (Å²) in [4.78, 5) is 37.7. The molecule has 31 heavy (non-hydrogen) atoms. The van der Waals surface area contributed by atoms with E-state index in [9.17, 15) is 19.5 Å². The summed E-state index contributed by atoms with van der Waals surface area (Å²) in [6, 6.07) is 1.75. The first-order chi connectivity index (χ1) is 15.0. The molecule has 0 bridgehead atoms. The van der Waals surface area contributed by atoms with Crippen LogP contribution in [0.2, 0.25) is 0 Å². The fraction of sp³-hybridized carbons (Fsp3) is 0.708. The van der Waals surface area contributed by atoms with E-state index in [0.29, 0.717) is 32.2 Å². The zero-order valence-corrected chi connectivity index (χ0v) is 18.2. The number of aryl methyl sites for hydroxylation is 1. The summed E-state index contributed by atoms with van der Waals surface area (Å²) in [5, 5.41) is 12.2.